The fraction of sp³-hybridized carbons (Fsp3) is 0.133. The fourth-order valence-corrected chi connectivity index (χ4v) is 1.54. The number of esters is 1. The molecule has 0 fully saturated rings. The maximum atomic E-state index is 12.0. The van der Waals surface area contributed by atoms with Gasteiger partial charge in [0.25, 0.3) is 5.91 Å². The van der Waals surface area contributed by atoms with Crippen molar-refractivity contribution in [1.29, 1.82) is 0 Å². The number of nitrogens with one attached hydrogen (secondary N) is 1. The van der Waals surface area contributed by atoms with Crippen LogP contribution in [0.25, 0.3) is 0 Å². The normalized spacial score (nSPS) is 9.85. The average molecular weight is 270 g/mol. The number of carbonyl (C=O) groups is 2. The van der Waals surface area contributed by atoms with E-state index in [4.69, 9.17) is 4.74 Å². The molecule has 1 aromatic heterocycles. The number of carbonyl (C=O) groups excluding carboxylic acids is 2. The van der Waals surface area contributed by atoms with E-state index < -0.39 is 0 Å². The van der Waals surface area contributed by atoms with Crippen molar-refractivity contribution in [1.82, 2.24) is 4.98 Å². The molecule has 0 aliphatic rings. The van der Waals surface area contributed by atoms with Crippen molar-refractivity contribution in [3.8, 4) is 0 Å². The van der Waals surface area contributed by atoms with Gasteiger partial charge in [-0.1, -0.05) is 18.2 Å². The lowest BCUT2D eigenvalue weighted by Crippen LogP contribution is -2.12. The Hall–Kier alpha value is -2.69. The molecule has 0 saturated carbocycles. The van der Waals surface area contributed by atoms with Crippen LogP contribution in [0, 0.1) is 0 Å². The van der Waals surface area contributed by atoms with Crippen molar-refractivity contribution < 1.29 is 14.3 Å². The number of anilines is 1. The highest BCUT2D eigenvalue weighted by atomic mass is 16.5. The van der Waals surface area contributed by atoms with Crippen LogP contribution >= 0.6 is 0 Å². The third-order valence-corrected chi connectivity index (χ3v) is 2.54. The number of ether oxygens (including phenoxy) is 1. The zero-order valence-electron chi connectivity index (χ0n) is 11.0. The van der Waals surface area contributed by atoms with Crippen LogP contribution in [0.2, 0.25) is 0 Å². The molecule has 0 aliphatic heterocycles. The van der Waals surface area contributed by atoms with Crippen molar-refractivity contribution >= 4 is 17.6 Å². The van der Waals surface area contributed by atoms with Gasteiger partial charge in [0.2, 0.25) is 0 Å². The Bertz CT molecular complexity index is 594. The first-order chi connectivity index (χ1) is 9.65. The molecule has 5 heteroatoms. The standard InChI is InChI=1S/C15H14N2O3/c1-11(18)20-10-14-8-7-12(9-16-14)15(19)17-13-5-3-2-4-6-13/h2-9H,10H2,1H3,(H,17,19). The molecule has 5 nitrogen and oxygen atoms in total. The lowest BCUT2D eigenvalue weighted by Gasteiger charge is -2.05. The highest BCUT2D eigenvalue weighted by molar-refractivity contribution is 6.04. The SMILES string of the molecule is CC(=O)OCc1ccc(C(=O)Nc2ccccc2)cn1. The number of hydrogen-bond donors (Lipinski definition) is 1. The first kappa shape index (κ1) is 13.7. The summed E-state index contributed by atoms with van der Waals surface area (Å²) < 4.78 is 4.82. The molecule has 0 radical (unpaired) electrons. The summed E-state index contributed by atoms with van der Waals surface area (Å²) in [4.78, 5) is 26.7. The molecule has 20 heavy (non-hydrogen) atoms. The van der Waals surface area contributed by atoms with Gasteiger partial charge in [-0.25, -0.2) is 0 Å². The number of para-hydroxylation sites is 1. The molecule has 2 aromatic rings. The van der Waals surface area contributed by atoms with Crippen molar-refractivity contribution in [2.45, 2.75) is 13.5 Å². The summed E-state index contributed by atoms with van der Waals surface area (Å²) in [5.74, 6) is -0.597. The third-order valence-electron chi connectivity index (χ3n) is 2.54. The van der Waals surface area contributed by atoms with Gasteiger partial charge in [-0.05, 0) is 24.3 Å². The number of amides is 1. The molecule has 1 N–H and O–H groups in total. The zero-order valence-corrected chi connectivity index (χ0v) is 11.0. The van der Waals surface area contributed by atoms with Crippen molar-refractivity contribution in [2.24, 2.45) is 0 Å². The van der Waals surface area contributed by atoms with Gasteiger partial charge in [-0.15, -0.1) is 0 Å². The van der Waals surface area contributed by atoms with E-state index in [1.165, 1.54) is 13.1 Å². The van der Waals surface area contributed by atoms with E-state index in [1.54, 1.807) is 24.3 Å². The highest BCUT2D eigenvalue weighted by Gasteiger charge is 2.07. The fourth-order valence-electron chi connectivity index (χ4n) is 1.54. The molecular formula is C15H14N2O3. The zero-order chi connectivity index (χ0) is 14.4. The van der Waals surface area contributed by atoms with Crippen LogP contribution in [0.15, 0.2) is 48.7 Å². The Labute approximate surface area is 116 Å². The minimum Gasteiger partial charge on any atom is -0.459 e. The van der Waals surface area contributed by atoms with Crippen molar-refractivity contribution in [2.75, 3.05) is 5.32 Å². The molecule has 0 bridgehead atoms. The Morgan fingerprint density at radius 3 is 2.50 bits per heavy atom. The van der Waals surface area contributed by atoms with Crippen LogP contribution in [0.3, 0.4) is 0 Å². The summed E-state index contributed by atoms with van der Waals surface area (Å²) in [7, 11) is 0. The summed E-state index contributed by atoms with van der Waals surface area (Å²) >= 11 is 0. The van der Waals surface area contributed by atoms with E-state index >= 15 is 0 Å². The number of rotatable bonds is 4. The first-order valence-electron chi connectivity index (χ1n) is 6.10. The van der Waals surface area contributed by atoms with Gasteiger partial charge in [0.1, 0.15) is 6.61 Å². The summed E-state index contributed by atoms with van der Waals surface area (Å²) in [5.41, 5.74) is 1.76. The molecule has 102 valence electrons. The predicted molar refractivity (Wildman–Crippen MR) is 74.1 cm³/mol. The second kappa shape index (κ2) is 6.47. The largest absolute Gasteiger partial charge is 0.459 e. The van der Waals surface area contributed by atoms with E-state index in [-0.39, 0.29) is 18.5 Å². The number of benzene rings is 1. The van der Waals surface area contributed by atoms with Crippen molar-refractivity contribution in [3.05, 3.63) is 59.9 Å². The van der Waals surface area contributed by atoms with Gasteiger partial charge in [-0.2, -0.15) is 0 Å². The molecule has 2 rings (SSSR count). The smallest absolute Gasteiger partial charge is 0.303 e. The maximum Gasteiger partial charge on any atom is 0.303 e. The third kappa shape index (κ3) is 3.91. The monoisotopic (exact) mass is 270 g/mol. The van der Waals surface area contributed by atoms with Gasteiger partial charge < -0.3 is 10.1 Å². The van der Waals surface area contributed by atoms with E-state index in [0.29, 0.717) is 11.3 Å². The minimum absolute atomic E-state index is 0.107. The Morgan fingerprint density at radius 2 is 1.90 bits per heavy atom. The van der Waals surface area contributed by atoms with Crippen LogP contribution in [0.4, 0.5) is 5.69 Å². The van der Waals surface area contributed by atoms with E-state index in [1.807, 2.05) is 18.2 Å². The predicted octanol–water partition coefficient (Wildman–Crippen LogP) is 2.40. The lowest BCUT2D eigenvalue weighted by atomic mass is 10.2. The van der Waals surface area contributed by atoms with Gasteiger partial charge >= 0.3 is 5.97 Å². The molecule has 1 heterocycles. The second-order valence-corrected chi connectivity index (χ2v) is 4.14. The van der Waals surface area contributed by atoms with Crippen LogP contribution in [-0.2, 0) is 16.1 Å². The van der Waals surface area contributed by atoms with Crippen LogP contribution in [0.5, 0.6) is 0 Å². The van der Waals surface area contributed by atoms with Crippen LogP contribution in [-0.4, -0.2) is 16.9 Å². The van der Waals surface area contributed by atoms with Gasteiger partial charge in [0, 0.05) is 18.8 Å². The molecule has 0 spiro atoms. The lowest BCUT2D eigenvalue weighted by molar-refractivity contribution is -0.142. The van der Waals surface area contributed by atoms with Gasteiger partial charge in [0.15, 0.2) is 0 Å². The summed E-state index contributed by atoms with van der Waals surface area (Å²) in [6, 6.07) is 12.5. The van der Waals surface area contributed by atoms with Gasteiger partial charge in [-0.3, -0.25) is 14.6 Å². The number of pyridine rings is 1. The Balaban J connectivity index is 1.99. The van der Waals surface area contributed by atoms with Crippen LogP contribution in [0.1, 0.15) is 23.0 Å². The average Bonchev–Trinajstić information content (AvgIpc) is 2.46. The Morgan fingerprint density at radius 1 is 1.15 bits per heavy atom. The number of aromatic nitrogens is 1. The minimum atomic E-state index is -0.363. The van der Waals surface area contributed by atoms with Gasteiger partial charge in [0.05, 0.1) is 11.3 Å². The second-order valence-electron chi connectivity index (χ2n) is 4.14. The summed E-state index contributed by atoms with van der Waals surface area (Å²) in [6.45, 7) is 1.44. The molecule has 0 unspecified atom stereocenters. The maximum absolute atomic E-state index is 12.0. The molecule has 1 aromatic carbocycles. The quantitative estimate of drug-likeness (QED) is 0.866. The molecule has 1 amide bonds. The molecular weight excluding hydrogens is 256 g/mol. The first-order valence-corrected chi connectivity index (χ1v) is 6.10. The topological polar surface area (TPSA) is 68.3 Å². The Kier molecular flexibility index (Phi) is 4.44. The van der Waals surface area contributed by atoms with E-state index in [2.05, 4.69) is 10.3 Å². The van der Waals surface area contributed by atoms with E-state index in [9.17, 15) is 9.59 Å². The van der Waals surface area contributed by atoms with Crippen LogP contribution < -0.4 is 5.32 Å². The number of hydrogen-bond acceptors (Lipinski definition) is 4. The highest BCUT2D eigenvalue weighted by Crippen LogP contribution is 2.08. The van der Waals surface area contributed by atoms with E-state index in [0.717, 1.165) is 5.69 Å². The molecule has 0 saturated heterocycles. The molecule has 0 atom stereocenters. The van der Waals surface area contributed by atoms with Crippen molar-refractivity contribution in [3.63, 3.8) is 0 Å². The summed E-state index contributed by atoms with van der Waals surface area (Å²) in [5, 5.41) is 2.76. The number of nitrogens with zero attached hydrogens (tertiary/aromatic N) is 1. The molecule has 0 aliphatic carbocycles. The summed E-state index contributed by atoms with van der Waals surface area (Å²) in [6.07, 6.45) is 1.46.